The van der Waals surface area contributed by atoms with Crippen LogP contribution in [0, 0.1) is 5.82 Å². The van der Waals surface area contributed by atoms with E-state index in [9.17, 15) is 4.39 Å². The van der Waals surface area contributed by atoms with Gasteiger partial charge < -0.3 is 15.0 Å². The highest BCUT2D eigenvalue weighted by Crippen LogP contribution is 2.22. The highest BCUT2D eigenvalue weighted by atomic mass is 79.9. The summed E-state index contributed by atoms with van der Waals surface area (Å²) < 4.78 is 24.4. The third-order valence-electron chi connectivity index (χ3n) is 2.29. The Bertz CT molecular complexity index is 581. The van der Waals surface area contributed by atoms with Crippen LogP contribution in [0.4, 0.5) is 4.39 Å². The van der Waals surface area contributed by atoms with Crippen LogP contribution in [0.3, 0.4) is 0 Å². The van der Waals surface area contributed by atoms with Crippen molar-refractivity contribution in [1.29, 1.82) is 0 Å². The maximum atomic E-state index is 13.5. The van der Waals surface area contributed by atoms with Crippen molar-refractivity contribution in [2.45, 2.75) is 26.0 Å². The summed E-state index contributed by atoms with van der Waals surface area (Å²) in [5, 5.41) is 3.74. The average molecular weight is 330 g/mol. The zero-order valence-electron chi connectivity index (χ0n) is 10.5. The molecule has 7 heteroatoms. The van der Waals surface area contributed by atoms with Crippen molar-refractivity contribution in [2.75, 3.05) is 0 Å². The van der Waals surface area contributed by atoms with E-state index in [0.29, 0.717) is 10.3 Å². The Balaban J connectivity index is 2.04. The van der Waals surface area contributed by atoms with E-state index in [-0.39, 0.29) is 18.2 Å². The van der Waals surface area contributed by atoms with Crippen LogP contribution < -0.4 is 10.5 Å². The summed E-state index contributed by atoms with van der Waals surface area (Å²) in [5.41, 5.74) is 5.14. The van der Waals surface area contributed by atoms with Gasteiger partial charge in [-0.1, -0.05) is 21.1 Å². The predicted octanol–water partition coefficient (Wildman–Crippen LogP) is 2.74. The number of nitrogens with zero attached hydrogens (tertiary/aromatic N) is 2. The van der Waals surface area contributed by atoms with Gasteiger partial charge in [0.2, 0.25) is 0 Å². The lowest BCUT2D eigenvalue weighted by Gasteiger charge is -2.11. The van der Waals surface area contributed by atoms with Crippen molar-refractivity contribution in [1.82, 2.24) is 10.1 Å². The molecular formula is C12H13BrFN3O2. The van der Waals surface area contributed by atoms with Crippen LogP contribution in [0.2, 0.25) is 0 Å². The Kier molecular flexibility index (Phi) is 3.86. The van der Waals surface area contributed by atoms with Gasteiger partial charge in [0.25, 0.3) is 5.89 Å². The largest absolute Gasteiger partial charge is 0.481 e. The molecule has 0 radical (unpaired) electrons. The Morgan fingerprint density at radius 2 is 2.21 bits per heavy atom. The Labute approximate surface area is 118 Å². The maximum Gasteiger partial charge on any atom is 0.264 e. The van der Waals surface area contributed by atoms with Crippen LogP contribution in [0.25, 0.3) is 0 Å². The van der Waals surface area contributed by atoms with Crippen LogP contribution in [0.5, 0.6) is 5.75 Å². The normalized spacial score (nSPS) is 11.6. The molecule has 2 rings (SSSR count). The van der Waals surface area contributed by atoms with Gasteiger partial charge in [-0.05, 0) is 32.0 Å². The molecule has 0 aliphatic rings. The van der Waals surface area contributed by atoms with E-state index in [2.05, 4.69) is 26.1 Å². The molecule has 0 saturated heterocycles. The number of hydrogen-bond acceptors (Lipinski definition) is 5. The highest BCUT2D eigenvalue weighted by molar-refractivity contribution is 9.10. The second-order valence-electron chi connectivity index (χ2n) is 4.60. The van der Waals surface area contributed by atoms with Crippen LogP contribution in [0.1, 0.15) is 25.6 Å². The first-order valence-electron chi connectivity index (χ1n) is 5.56. The fourth-order valence-corrected chi connectivity index (χ4v) is 1.64. The van der Waals surface area contributed by atoms with Crippen LogP contribution in [0.15, 0.2) is 27.2 Å². The zero-order chi connectivity index (χ0) is 14.0. The molecule has 0 atom stereocenters. The molecule has 19 heavy (non-hydrogen) atoms. The first-order valence-corrected chi connectivity index (χ1v) is 6.35. The Hall–Kier alpha value is -1.47. The van der Waals surface area contributed by atoms with Gasteiger partial charge in [0.1, 0.15) is 0 Å². The second-order valence-corrected chi connectivity index (χ2v) is 5.51. The lowest BCUT2D eigenvalue weighted by Crippen LogP contribution is -2.30. The highest BCUT2D eigenvalue weighted by Gasteiger charge is 2.21. The fourth-order valence-electron chi connectivity index (χ4n) is 1.31. The quantitative estimate of drug-likeness (QED) is 0.933. The number of aromatic nitrogens is 2. The van der Waals surface area contributed by atoms with Crippen molar-refractivity contribution < 1.29 is 13.7 Å². The van der Waals surface area contributed by atoms with Crippen molar-refractivity contribution in [3.05, 3.63) is 40.2 Å². The smallest absolute Gasteiger partial charge is 0.264 e. The summed E-state index contributed by atoms with van der Waals surface area (Å²) in [5.74, 6) is 0.279. The lowest BCUT2D eigenvalue weighted by atomic mass is 10.1. The summed E-state index contributed by atoms with van der Waals surface area (Å²) in [4.78, 5) is 4.08. The van der Waals surface area contributed by atoms with Crippen LogP contribution in [-0.4, -0.2) is 10.1 Å². The fraction of sp³-hybridized carbons (Fsp3) is 0.333. The maximum absolute atomic E-state index is 13.5. The zero-order valence-corrected chi connectivity index (χ0v) is 12.1. The van der Waals surface area contributed by atoms with E-state index in [4.69, 9.17) is 15.0 Å². The molecule has 1 aromatic carbocycles. The molecule has 0 amide bonds. The van der Waals surface area contributed by atoms with E-state index in [1.165, 1.54) is 12.1 Å². The van der Waals surface area contributed by atoms with Gasteiger partial charge in [-0.15, -0.1) is 0 Å². The van der Waals surface area contributed by atoms with Gasteiger partial charge in [-0.25, -0.2) is 4.39 Å². The predicted molar refractivity (Wildman–Crippen MR) is 69.9 cm³/mol. The average Bonchev–Trinajstić information content (AvgIpc) is 2.76. The van der Waals surface area contributed by atoms with Crippen molar-refractivity contribution in [2.24, 2.45) is 5.73 Å². The lowest BCUT2D eigenvalue weighted by molar-refractivity contribution is 0.233. The molecule has 0 saturated carbocycles. The molecular weight excluding hydrogens is 317 g/mol. The molecule has 0 unspecified atom stereocenters. The van der Waals surface area contributed by atoms with E-state index in [0.717, 1.165) is 0 Å². The minimum absolute atomic E-state index is 0.0123. The molecule has 0 aliphatic heterocycles. The van der Waals surface area contributed by atoms with E-state index in [1.54, 1.807) is 19.9 Å². The molecule has 102 valence electrons. The molecule has 0 bridgehead atoms. The van der Waals surface area contributed by atoms with Crippen molar-refractivity contribution in [3.63, 3.8) is 0 Å². The third-order valence-corrected chi connectivity index (χ3v) is 2.78. The summed E-state index contributed by atoms with van der Waals surface area (Å²) in [6, 6.07) is 4.52. The number of rotatable bonds is 4. The number of halogens is 2. The van der Waals surface area contributed by atoms with Gasteiger partial charge in [0.15, 0.2) is 24.0 Å². The summed E-state index contributed by atoms with van der Waals surface area (Å²) >= 11 is 3.17. The van der Waals surface area contributed by atoms with Gasteiger partial charge >= 0.3 is 0 Å². The summed E-state index contributed by atoms with van der Waals surface area (Å²) in [6.45, 7) is 3.51. The van der Waals surface area contributed by atoms with Crippen molar-refractivity contribution >= 4 is 15.9 Å². The third kappa shape index (κ3) is 3.51. The molecule has 0 spiro atoms. The monoisotopic (exact) mass is 329 g/mol. The summed E-state index contributed by atoms with van der Waals surface area (Å²) in [6.07, 6.45) is 0. The standard InChI is InChI=1S/C12H13BrFN3O2/c1-12(2,15)11-16-10(19-17-11)6-18-9-4-3-7(13)5-8(9)14/h3-5H,6,15H2,1-2H3. The van der Waals surface area contributed by atoms with E-state index in [1.807, 2.05) is 0 Å². The minimum Gasteiger partial charge on any atom is -0.481 e. The van der Waals surface area contributed by atoms with Crippen LogP contribution >= 0.6 is 15.9 Å². The number of hydrogen-bond donors (Lipinski definition) is 1. The molecule has 1 heterocycles. The van der Waals surface area contributed by atoms with Gasteiger partial charge in [-0.3, -0.25) is 0 Å². The number of nitrogens with two attached hydrogens (primary N) is 1. The SMILES string of the molecule is CC(C)(N)c1noc(COc2ccc(Br)cc2F)n1. The molecule has 2 aromatic rings. The summed E-state index contributed by atoms with van der Waals surface area (Å²) in [7, 11) is 0. The molecule has 2 N–H and O–H groups in total. The topological polar surface area (TPSA) is 74.2 Å². The Morgan fingerprint density at radius 3 is 2.79 bits per heavy atom. The minimum atomic E-state index is -0.690. The van der Waals surface area contributed by atoms with Gasteiger partial charge in [0, 0.05) is 4.47 Å². The van der Waals surface area contributed by atoms with Gasteiger partial charge in [-0.2, -0.15) is 4.98 Å². The van der Waals surface area contributed by atoms with E-state index >= 15 is 0 Å². The second kappa shape index (κ2) is 5.26. The molecule has 1 aromatic heterocycles. The van der Waals surface area contributed by atoms with E-state index < -0.39 is 11.4 Å². The van der Waals surface area contributed by atoms with Crippen LogP contribution in [-0.2, 0) is 12.1 Å². The van der Waals surface area contributed by atoms with Crippen molar-refractivity contribution in [3.8, 4) is 5.75 Å². The first-order chi connectivity index (χ1) is 8.86. The molecule has 0 aliphatic carbocycles. The van der Waals surface area contributed by atoms with Gasteiger partial charge in [0.05, 0.1) is 5.54 Å². The Morgan fingerprint density at radius 1 is 1.47 bits per heavy atom. The molecule has 5 nitrogen and oxygen atoms in total. The number of ether oxygens (including phenoxy) is 1. The first kappa shape index (κ1) is 14.0. The number of benzene rings is 1. The molecule has 0 fully saturated rings.